The minimum atomic E-state index is -0.722. The lowest BCUT2D eigenvalue weighted by Crippen LogP contribution is -2.34. The van der Waals surface area contributed by atoms with Gasteiger partial charge in [0.1, 0.15) is 11.9 Å². The van der Waals surface area contributed by atoms with Crippen LogP contribution in [0.2, 0.25) is 0 Å². The Morgan fingerprint density at radius 3 is 2.80 bits per heavy atom. The first-order chi connectivity index (χ1) is 11.9. The maximum Gasteiger partial charge on any atom is 0.325 e. The average Bonchev–Trinajstić information content (AvgIpc) is 2.80. The molecule has 0 unspecified atom stereocenters. The first-order valence-corrected chi connectivity index (χ1v) is 8.14. The Kier molecular flexibility index (Phi) is 6.46. The second kappa shape index (κ2) is 8.57. The van der Waals surface area contributed by atoms with Crippen molar-refractivity contribution in [3.05, 3.63) is 35.6 Å². The van der Waals surface area contributed by atoms with Crippen molar-refractivity contribution in [2.75, 3.05) is 27.2 Å². The third-order valence-corrected chi connectivity index (χ3v) is 3.88. The fraction of sp³-hybridized carbons (Fsp3) is 0.471. The molecule has 8 heteroatoms. The zero-order chi connectivity index (χ0) is 18.4. The third-order valence-electron chi connectivity index (χ3n) is 3.88. The van der Waals surface area contributed by atoms with E-state index in [1.165, 1.54) is 18.2 Å². The summed E-state index contributed by atoms with van der Waals surface area (Å²) in [5.41, 5.74) is 0.533. The standard InChI is InChI=1S/C17H23FN4O3/c1-21(2)9-8-19-15(23)7-6-14-16(24)22(17(25)20-14)11-12-4-3-5-13(18)10-12/h3-5,10,14H,6-9,11H2,1-2H3,(H,19,23)(H,20,25)/t14-/m1/s1. The third kappa shape index (κ3) is 5.53. The van der Waals surface area contributed by atoms with Crippen LogP contribution in [-0.2, 0) is 16.1 Å². The Bertz CT molecular complexity index is 651. The molecule has 25 heavy (non-hydrogen) atoms. The molecule has 0 saturated carbocycles. The number of hydrogen-bond donors (Lipinski definition) is 2. The molecule has 1 heterocycles. The molecule has 0 spiro atoms. The SMILES string of the molecule is CN(C)CCNC(=O)CC[C@H]1NC(=O)N(Cc2cccc(F)c2)C1=O. The van der Waals surface area contributed by atoms with Gasteiger partial charge in [-0.05, 0) is 38.2 Å². The summed E-state index contributed by atoms with van der Waals surface area (Å²) in [6.45, 7) is 1.27. The maximum absolute atomic E-state index is 13.2. The van der Waals surface area contributed by atoms with Crippen LogP contribution in [0.3, 0.4) is 0 Å². The molecular formula is C17H23FN4O3. The van der Waals surface area contributed by atoms with E-state index in [9.17, 15) is 18.8 Å². The lowest BCUT2D eigenvalue weighted by Gasteiger charge is -2.13. The van der Waals surface area contributed by atoms with E-state index in [-0.39, 0.29) is 25.3 Å². The Balaban J connectivity index is 1.83. The molecule has 0 aliphatic carbocycles. The average molecular weight is 350 g/mol. The van der Waals surface area contributed by atoms with Crippen LogP contribution in [0.25, 0.3) is 0 Å². The van der Waals surface area contributed by atoms with Gasteiger partial charge in [0.05, 0.1) is 6.54 Å². The molecule has 0 aromatic heterocycles. The minimum Gasteiger partial charge on any atom is -0.355 e. The van der Waals surface area contributed by atoms with Gasteiger partial charge in [0.2, 0.25) is 5.91 Å². The van der Waals surface area contributed by atoms with Crippen LogP contribution >= 0.6 is 0 Å². The highest BCUT2D eigenvalue weighted by Gasteiger charge is 2.37. The topological polar surface area (TPSA) is 81.8 Å². The molecule has 1 saturated heterocycles. The molecule has 2 rings (SSSR count). The molecule has 136 valence electrons. The molecule has 1 aromatic carbocycles. The van der Waals surface area contributed by atoms with Crippen LogP contribution < -0.4 is 10.6 Å². The zero-order valence-electron chi connectivity index (χ0n) is 14.4. The van der Waals surface area contributed by atoms with E-state index in [1.54, 1.807) is 6.07 Å². The van der Waals surface area contributed by atoms with E-state index in [4.69, 9.17) is 0 Å². The molecule has 1 aliphatic rings. The van der Waals surface area contributed by atoms with Crippen LogP contribution in [-0.4, -0.2) is 60.9 Å². The van der Waals surface area contributed by atoms with E-state index in [2.05, 4.69) is 10.6 Å². The van der Waals surface area contributed by atoms with Gasteiger partial charge in [-0.15, -0.1) is 0 Å². The van der Waals surface area contributed by atoms with Crippen molar-refractivity contribution < 1.29 is 18.8 Å². The van der Waals surface area contributed by atoms with Crippen molar-refractivity contribution in [2.45, 2.75) is 25.4 Å². The second-order valence-electron chi connectivity index (χ2n) is 6.25. The molecule has 2 N–H and O–H groups in total. The normalized spacial score (nSPS) is 17.1. The van der Waals surface area contributed by atoms with Crippen molar-refractivity contribution in [3.63, 3.8) is 0 Å². The van der Waals surface area contributed by atoms with E-state index in [0.717, 1.165) is 11.4 Å². The van der Waals surface area contributed by atoms with Gasteiger partial charge in [0.15, 0.2) is 0 Å². The molecule has 0 radical (unpaired) electrons. The smallest absolute Gasteiger partial charge is 0.325 e. The van der Waals surface area contributed by atoms with Crippen LogP contribution in [0.5, 0.6) is 0 Å². The Hall–Kier alpha value is -2.48. The molecule has 1 atom stereocenters. The van der Waals surface area contributed by atoms with Gasteiger partial charge in [-0.3, -0.25) is 14.5 Å². The van der Waals surface area contributed by atoms with E-state index in [0.29, 0.717) is 12.1 Å². The number of hydrogen-bond acceptors (Lipinski definition) is 4. The summed E-state index contributed by atoms with van der Waals surface area (Å²) < 4.78 is 13.2. The summed E-state index contributed by atoms with van der Waals surface area (Å²) in [6.07, 6.45) is 0.385. The molecule has 1 fully saturated rings. The van der Waals surface area contributed by atoms with E-state index >= 15 is 0 Å². The van der Waals surface area contributed by atoms with Crippen molar-refractivity contribution in [2.24, 2.45) is 0 Å². The highest BCUT2D eigenvalue weighted by molar-refractivity contribution is 6.04. The number of imide groups is 1. The van der Waals surface area contributed by atoms with Crippen molar-refractivity contribution in [3.8, 4) is 0 Å². The number of nitrogens with one attached hydrogen (secondary N) is 2. The van der Waals surface area contributed by atoms with Crippen LogP contribution in [0.15, 0.2) is 24.3 Å². The molecular weight excluding hydrogens is 327 g/mol. The molecule has 1 aliphatic heterocycles. The van der Waals surface area contributed by atoms with Gasteiger partial charge >= 0.3 is 6.03 Å². The number of benzene rings is 1. The number of halogens is 1. The predicted octanol–water partition coefficient (Wildman–Crippen LogP) is 0.704. The number of carbonyl (C=O) groups is 3. The largest absolute Gasteiger partial charge is 0.355 e. The fourth-order valence-corrected chi connectivity index (χ4v) is 2.52. The summed E-state index contributed by atoms with van der Waals surface area (Å²) in [7, 11) is 3.82. The van der Waals surface area contributed by atoms with Crippen molar-refractivity contribution in [1.29, 1.82) is 0 Å². The Labute approximate surface area is 146 Å². The summed E-state index contributed by atoms with van der Waals surface area (Å²) in [6, 6.07) is 4.51. The predicted molar refractivity (Wildman–Crippen MR) is 90.1 cm³/mol. The van der Waals surface area contributed by atoms with Crippen LogP contribution in [0, 0.1) is 5.82 Å². The number of rotatable bonds is 8. The lowest BCUT2D eigenvalue weighted by molar-refractivity contribution is -0.128. The van der Waals surface area contributed by atoms with Gasteiger partial charge in [-0.25, -0.2) is 9.18 Å². The highest BCUT2D eigenvalue weighted by atomic mass is 19.1. The Morgan fingerprint density at radius 2 is 2.12 bits per heavy atom. The minimum absolute atomic E-state index is 0.00789. The fourth-order valence-electron chi connectivity index (χ4n) is 2.52. The van der Waals surface area contributed by atoms with E-state index < -0.39 is 23.8 Å². The first-order valence-electron chi connectivity index (χ1n) is 8.14. The monoisotopic (exact) mass is 350 g/mol. The first kappa shape index (κ1) is 18.9. The number of amides is 4. The van der Waals surface area contributed by atoms with Gasteiger partial charge in [0.25, 0.3) is 5.91 Å². The van der Waals surface area contributed by atoms with Gasteiger partial charge < -0.3 is 15.5 Å². The summed E-state index contributed by atoms with van der Waals surface area (Å²) in [5, 5.41) is 5.34. The summed E-state index contributed by atoms with van der Waals surface area (Å²) in [5.74, 6) is -0.974. The van der Waals surface area contributed by atoms with Crippen LogP contribution in [0.4, 0.5) is 9.18 Å². The zero-order valence-corrected chi connectivity index (χ0v) is 14.4. The van der Waals surface area contributed by atoms with Crippen LogP contribution in [0.1, 0.15) is 18.4 Å². The molecule has 7 nitrogen and oxygen atoms in total. The highest BCUT2D eigenvalue weighted by Crippen LogP contribution is 2.15. The summed E-state index contributed by atoms with van der Waals surface area (Å²) in [4.78, 5) is 39.1. The second-order valence-corrected chi connectivity index (χ2v) is 6.25. The maximum atomic E-state index is 13.2. The van der Waals surface area contributed by atoms with E-state index in [1.807, 2.05) is 19.0 Å². The number of likely N-dealkylation sites (N-methyl/N-ethyl adjacent to an activating group) is 1. The number of urea groups is 1. The Morgan fingerprint density at radius 1 is 1.36 bits per heavy atom. The van der Waals surface area contributed by atoms with Gasteiger partial charge in [-0.1, -0.05) is 12.1 Å². The van der Waals surface area contributed by atoms with Gasteiger partial charge in [-0.2, -0.15) is 0 Å². The van der Waals surface area contributed by atoms with Crippen molar-refractivity contribution in [1.82, 2.24) is 20.4 Å². The molecule has 4 amide bonds. The van der Waals surface area contributed by atoms with Gasteiger partial charge in [0, 0.05) is 19.5 Å². The van der Waals surface area contributed by atoms with Crippen molar-refractivity contribution >= 4 is 17.8 Å². The number of nitrogens with zero attached hydrogens (tertiary/aromatic N) is 2. The molecule has 0 bridgehead atoms. The quantitative estimate of drug-likeness (QED) is 0.677. The summed E-state index contributed by atoms with van der Waals surface area (Å²) >= 11 is 0. The molecule has 1 aromatic rings. The lowest BCUT2D eigenvalue weighted by atomic mass is 10.1. The number of carbonyl (C=O) groups excluding carboxylic acids is 3.